The molecule has 0 radical (unpaired) electrons. The van der Waals surface area contributed by atoms with Gasteiger partial charge in [-0.3, -0.25) is 0 Å². The Morgan fingerprint density at radius 3 is 2.46 bits per heavy atom. The molecule has 0 fully saturated rings. The molecular weight excluding hydrogens is 304 g/mol. The number of benzene rings is 1. The van der Waals surface area contributed by atoms with Crippen molar-refractivity contribution in [3.05, 3.63) is 35.9 Å². The molecule has 6 heteroatoms. The standard InChI is InChI=1S/C18H30N4O2/c1-6-19-16(21-14-15-10-8-7-9-11-15)20-12-13-22(5)17(23)24-18(2,3)4/h7-11H,6,12-14H2,1-5H3,(H2,19,20,21). The molecule has 0 unspecified atom stereocenters. The molecule has 1 rings (SSSR count). The van der Waals surface area contributed by atoms with Crippen LogP contribution < -0.4 is 10.6 Å². The van der Waals surface area contributed by atoms with Gasteiger partial charge in [-0.2, -0.15) is 0 Å². The van der Waals surface area contributed by atoms with Crippen LogP contribution in [-0.4, -0.2) is 49.2 Å². The number of ether oxygens (including phenoxy) is 1. The van der Waals surface area contributed by atoms with Crippen LogP contribution >= 0.6 is 0 Å². The normalized spacial score (nSPS) is 11.8. The summed E-state index contributed by atoms with van der Waals surface area (Å²) in [6, 6.07) is 10.1. The maximum atomic E-state index is 11.9. The summed E-state index contributed by atoms with van der Waals surface area (Å²) in [5, 5.41) is 6.43. The summed E-state index contributed by atoms with van der Waals surface area (Å²) >= 11 is 0. The molecule has 0 aliphatic rings. The second kappa shape index (κ2) is 9.80. The lowest BCUT2D eigenvalue weighted by atomic mass is 10.2. The molecule has 0 saturated heterocycles. The zero-order chi connectivity index (χ0) is 18.0. The number of carbonyl (C=O) groups excluding carboxylic acids is 1. The summed E-state index contributed by atoms with van der Waals surface area (Å²) in [6.45, 7) is 10.1. The molecular formula is C18H30N4O2. The van der Waals surface area contributed by atoms with Gasteiger partial charge in [0.2, 0.25) is 0 Å². The summed E-state index contributed by atoms with van der Waals surface area (Å²) in [4.78, 5) is 18.0. The number of hydrogen-bond donors (Lipinski definition) is 2. The summed E-state index contributed by atoms with van der Waals surface area (Å²) in [7, 11) is 1.73. The van der Waals surface area contributed by atoms with E-state index in [0.29, 0.717) is 19.6 Å². The molecule has 0 aliphatic heterocycles. The molecule has 0 atom stereocenters. The van der Waals surface area contributed by atoms with Crippen molar-refractivity contribution < 1.29 is 9.53 Å². The number of likely N-dealkylation sites (N-methyl/N-ethyl adjacent to an activating group) is 1. The lowest BCUT2D eigenvalue weighted by Crippen LogP contribution is -2.43. The molecule has 0 spiro atoms. The van der Waals surface area contributed by atoms with Gasteiger partial charge in [0.25, 0.3) is 0 Å². The number of hydrogen-bond acceptors (Lipinski definition) is 3. The number of nitrogens with one attached hydrogen (secondary N) is 2. The molecule has 0 aromatic heterocycles. The van der Waals surface area contributed by atoms with Gasteiger partial charge >= 0.3 is 6.09 Å². The van der Waals surface area contributed by atoms with Gasteiger partial charge in [-0.15, -0.1) is 0 Å². The topological polar surface area (TPSA) is 66.0 Å². The molecule has 0 bridgehead atoms. The van der Waals surface area contributed by atoms with Gasteiger partial charge in [0.1, 0.15) is 5.60 Å². The number of rotatable bonds is 6. The van der Waals surface area contributed by atoms with Crippen molar-refractivity contribution >= 4 is 12.1 Å². The Morgan fingerprint density at radius 1 is 1.21 bits per heavy atom. The SMILES string of the molecule is CCNC(=NCc1ccccc1)NCCN(C)C(=O)OC(C)(C)C. The van der Waals surface area contributed by atoms with Crippen LogP contribution in [0.25, 0.3) is 0 Å². The fourth-order valence-corrected chi connectivity index (χ4v) is 1.87. The number of aliphatic imine (C=N–C) groups is 1. The Morgan fingerprint density at radius 2 is 1.88 bits per heavy atom. The molecule has 1 aromatic rings. The van der Waals surface area contributed by atoms with Crippen molar-refractivity contribution in [1.29, 1.82) is 0 Å². The van der Waals surface area contributed by atoms with Crippen molar-refractivity contribution in [2.24, 2.45) is 4.99 Å². The van der Waals surface area contributed by atoms with Crippen LogP contribution in [0, 0.1) is 0 Å². The zero-order valence-electron chi connectivity index (χ0n) is 15.4. The van der Waals surface area contributed by atoms with Gasteiger partial charge in [0.05, 0.1) is 6.54 Å². The van der Waals surface area contributed by atoms with E-state index in [1.54, 1.807) is 11.9 Å². The van der Waals surface area contributed by atoms with E-state index >= 15 is 0 Å². The molecule has 24 heavy (non-hydrogen) atoms. The highest BCUT2D eigenvalue weighted by atomic mass is 16.6. The third-order valence-corrected chi connectivity index (χ3v) is 3.05. The van der Waals surface area contributed by atoms with Crippen LogP contribution in [0.3, 0.4) is 0 Å². The predicted molar refractivity (Wildman–Crippen MR) is 98.1 cm³/mol. The number of nitrogens with zero attached hydrogens (tertiary/aromatic N) is 2. The Bertz CT molecular complexity index is 524. The summed E-state index contributed by atoms with van der Waals surface area (Å²) in [5.41, 5.74) is 0.672. The maximum Gasteiger partial charge on any atom is 0.410 e. The van der Waals surface area contributed by atoms with Crippen LogP contribution in [0.15, 0.2) is 35.3 Å². The molecule has 1 aromatic carbocycles. The third-order valence-electron chi connectivity index (χ3n) is 3.05. The van der Waals surface area contributed by atoms with Gasteiger partial charge in [-0.1, -0.05) is 30.3 Å². The highest BCUT2D eigenvalue weighted by molar-refractivity contribution is 5.79. The molecule has 1 amide bonds. The Kier molecular flexibility index (Phi) is 8.09. The van der Waals surface area contributed by atoms with E-state index in [0.717, 1.165) is 18.1 Å². The minimum Gasteiger partial charge on any atom is -0.444 e. The van der Waals surface area contributed by atoms with Crippen LogP contribution in [0.2, 0.25) is 0 Å². The van der Waals surface area contributed by atoms with Gasteiger partial charge in [0.15, 0.2) is 5.96 Å². The summed E-state index contributed by atoms with van der Waals surface area (Å²) < 4.78 is 5.32. The van der Waals surface area contributed by atoms with E-state index in [1.807, 2.05) is 58.0 Å². The first kappa shape index (κ1) is 19.8. The number of carbonyl (C=O) groups is 1. The van der Waals surface area contributed by atoms with Crippen molar-refractivity contribution in [2.45, 2.75) is 39.8 Å². The fraction of sp³-hybridized carbons (Fsp3) is 0.556. The minimum atomic E-state index is -0.481. The van der Waals surface area contributed by atoms with Crippen molar-refractivity contribution in [2.75, 3.05) is 26.7 Å². The van der Waals surface area contributed by atoms with Gasteiger partial charge in [-0.25, -0.2) is 9.79 Å². The smallest absolute Gasteiger partial charge is 0.410 e. The predicted octanol–water partition coefficient (Wildman–Crippen LogP) is 2.61. The third kappa shape index (κ3) is 8.41. The second-order valence-corrected chi connectivity index (χ2v) is 6.51. The fourth-order valence-electron chi connectivity index (χ4n) is 1.87. The minimum absolute atomic E-state index is 0.324. The van der Waals surface area contributed by atoms with Crippen molar-refractivity contribution in [1.82, 2.24) is 15.5 Å². The van der Waals surface area contributed by atoms with Gasteiger partial charge < -0.3 is 20.3 Å². The Balaban J connectivity index is 2.44. The van der Waals surface area contributed by atoms with E-state index in [-0.39, 0.29) is 6.09 Å². The highest BCUT2D eigenvalue weighted by Gasteiger charge is 2.19. The Hall–Kier alpha value is -2.24. The second-order valence-electron chi connectivity index (χ2n) is 6.51. The van der Waals surface area contributed by atoms with Crippen LogP contribution in [0.4, 0.5) is 4.79 Å². The van der Waals surface area contributed by atoms with Crippen LogP contribution in [-0.2, 0) is 11.3 Å². The van der Waals surface area contributed by atoms with Crippen LogP contribution in [0.5, 0.6) is 0 Å². The van der Waals surface area contributed by atoms with Crippen LogP contribution in [0.1, 0.15) is 33.3 Å². The van der Waals surface area contributed by atoms with Crippen molar-refractivity contribution in [3.63, 3.8) is 0 Å². The van der Waals surface area contributed by atoms with E-state index < -0.39 is 5.60 Å². The quantitative estimate of drug-likeness (QED) is 0.620. The van der Waals surface area contributed by atoms with E-state index in [2.05, 4.69) is 15.6 Å². The molecule has 6 nitrogen and oxygen atoms in total. The first-order valence-electron chi connectivity index (χ1n) is 8.32. The van der Waals surface area contributed by atoms with E-state index in [9.17, 15) is 4.79 Å². The van der Waals surface area contributed by atoms with E-state index in [1.165, 1.54) is 0 Å². The molecule has 134 valence electrons. The lowest BCUT2D eigenvalue weighted by Gasteiger charge is -2.24. The average molecular weight is 334 g/mol. The number of amides is 1. The maximum absolute atomic E-state index is 11.9. The summed E-state index contributed by atoms with van der Waals surface area (Å²) in [6.07, 6.45) is -0.324. The first-order valence-corrected chi connectivity index (χ1v) is 8.32. The molecule has 0 aliphatic carbocycles. The lowest BCUT2D eigenvalue weighted by molar-refractivity contribution is 0.0302. The van der Waals surface area contributed by atoms with Crippen molar-refractivity contribution in [3.8, 4) is 0 Å². The average Bonchev–Trinajstić information content (AvgIpc) is 2.51. The molecule has 0 saturated carbocycles. The zero-order valence-corrected chi connectivity index (χ0v) is 15.4. The van der Waals surface area contributed by atoms with E-state index in [4.69, 9.17) is 4.74 Å². The van der Waals surface area contributed by atoms with Gasteiger partial charge in [-0.05, 0) is 33.3 Å². The summed E-state index contributed by atoms with van der Waals surface area (Å²) in [5.74, 6) is 0.735. The number of guanidine groups is 1. The monoisotopic (exact) mass is 334 g/mol. The largest absolute Gasteiger partial charge is 0.444 e. The molecule has 0 heterocycles. The Labute approximate surface area is 145 Å². The highest BCUT2D eigenvalue weighted by Crippen LogP contribution is 2.08. The van der Waals surface area contributed by atoms with Gasteiger partial charge in [0, 0.05) is 26.7 Å². The first-order chi connectivity index (χ1) is 11.3. The molecule has 2 N–H and O–H groups in total.